The Morgan fingerprint density at radius 1 is 0.464 bits per heavy atom. The average molecular weight is 393 g/mol. The molecule has 0 aromatic heterocycles. The number of unbranched alkanes of at least 4 members (excludes halogenated alkanes) is 5. The molecule has 0 aliphatic rings. The van der Waals surface area contributed by atoms with E-state index < -0.39 is 7.26 Å². The predicted molar refractivity (Wildman–Crippen MR) is 126 cm³/mol. The van der Waals surface area contributed by atoms with Crippen molar-refractivity contribution in [1.82, 2.24) is 0 Å². The van der Waals surface area contributed by atoms with Gasteiger partial charge in [-0.15, -0.1) is 0 Å². The molecule has 0 saturated carbocycles. The maximum absolute atomic E-state index is 8.96. The molecule has 28 heavy (non-hydrogen) atoms. The molecule has 2 heteroatoms. The van der Waals surface area contributed by atoms with Gasteiger partial charge in [-0.2, -0.15) is 0 Å². The summed E-state index contributed by atoms with van der Waals surface area (Å²) < 4.78 is 0. The van der Waals surface area contributed by atoms with Gasteiger partial charge in [-0.25, -0.2) is 0 Å². The Labute approximate surface area is 170 Å². The standard InChI is InChI=1S/C26H33OP/c27-22-14-3-1-2-4-15-23-28(24-16-8-5-9-17-24,25-18-10-6-11-19-25)26-20-12-7-13-21-26/h5-13,16-21,27-28H,1-4,14-15,22-23H2. The Morgan fingerprint density at radius 3 is 1.21 bits per heavy atom. The second-order valence-electron chi connectivity index (χ2n) is 7.60. The topological polar surface area (TPSA) is 20.2 Å². The van der Waals surface area contributed by atoms with E-state index >= 15 is 0 Å². The van der Waals surface area contributed by atoms with Gasteiger partial charge in [0.2, 0.25) is 0 Å². The molecule has 3 rings (SSSR count). The number of hydrogen-bond acceptors (Lipinski definition) is 1. The second kappa shape index (κ2) is 11.1. The Morgan fingerprint density at radius 2 is 0.821 bits per heavy atom. The molecular formula is C26H33OP. The van der Waals surface area contributed by atoms with E-state index in [1.165, 1.54) is 47.8 Å². The van der Waals surface area contributed by atoms with Crippen LogP contribution >= 0.6 is 7.26 Å². The van der Waals surface area contributed by atoms with Gasteiger partial charge in [-0.05, 0) is 0 Å². The molecule has 3 aromatic carbocycles. The fourth-order valence-corrected chi connectivity index (χ4v) is 9.24. The minimum absolute atomic E-state index is 0.325. The third-order valence-electron chi connectivity index (χ3n) is 5.76. The molecule has 0 aliphatic carbocycles. The van der Waals surface area contributed by atoms with Crippen LogP contribution in [0.4, 0.5) is 0 Å². The minimum atomic E-state index is -2.04. The molecule has 1 nitrogen and oxygen atoms in total. The van der Waals surface area contributed by atoms with E-state index in [4.69, 9.17) is 5.11 Å². The third kappa shape index (κ3) is 5.10. The predicted octanol–water partition coefficient (Wildman–Crippen LogP) is 5.05. The first-order chi connectivity index (χ1) is 13.9. The summed E-state index contributed by atoms with van der Waals surface area (Å²) in [4.78, 5) is 0. The SMILES string of the molecule is OCCCCCCCC[PH](c1ccccc1)(c1ccccc1)c1ccccc1. The molecule has 148 valence electrons. The van der Waals surface area contributed by atoms with Crippen LogP contribution < -0.4 is 15.9 Å². The normalized spacial score (nSPS) is 12.0. The van der Waals surface area contributed by atoms with Gasteiger partial charge < -0.3 is 0 Å². The van der Waals surface area contributed by atoms with Gasteiger partial charge in [0.05, 0.1) is 0 Å². The van der Waals surface area contributed by atoms with E-state index in [-0.39, 0.29) is 0 Å². The first-order valence-electron chi connectivity index (χ1n) is 10.7. The van der Waals surface area contributed by atoms with E-state index in [1.54, 1.807) is 0 Å². The number of rotatable bonds is 11. The molecule has 0 heterocycles. The summed E-state index contributed by atoms with van der Waals surface area (Å²) in [6, 6.07) is 33.6. The molecule has 1 N–H and O–H groups in total. The molecule has 0 spiro atoms. The molecule has 3 aromatic rings. The Balaban J connectivity index is 1.91. The third-order valence-corrected chi connectivity index (χ3v) is 10.8. The second-order valence-corrected chi connectivity index (χ2v) is 11.6. The number of benzene rings is 3. The summed E-state index contributed by atoms with van der Waals surface area (Å²) in [5, 5.41) is 13.5. The molecule has 0 bridgehead atoms. The van der Waals surface area contributed by atoms with Crippen LogP contribution in [0.5, 0.6) is 0 Å². The Bertz CT molecular complexity index is 690. The monoisotopic (exact) mass is 392 g/mol. The van der Waals surface area contributed by atoms with Gasteiger partial charge in [-0.1, -0.05) is 0 Å². The zero-order chi connectivity index (χ0) is 19.5. The van der Waals surface area contributed by atoms with Crippen molar-refractivity contribution in [2.45, 2.75) is 38.5 Å². The van der Waals surface area contributed by atoms with Gasteiger partial charge in [0, 0.05) is 0 Å². The van der Waals surface area contributed by atoms with E-state index in [9.17, 15) is 0 Å². The van der Waals surface area contributed by atoms with Crippen molar-refractivity contribution in [2.75, 3.05) is 12.8 Å². The zero-order valence-electron chi connectivity index (χ0n) is 16.8. The summed E-state index contributed by atoms with van der Waals surface area (Å²) in [7, 11) is -2.04. The van der Waals surface area contributed by atoms with Gasteiger partial charge in [0.15, 0.2) is 0 Å². The molecule has 0 saturated heterocycles. The van der Waals surface area contributed by atoms with E-state index in [0.717, 1.165) is 12.8 Å². The molecule has 0 radical (unpaired) electrons. The van der Waals surface area contributed by atoms with Crippen molar-refractivity contribution in [2.24, 2.45) is 0 Å². The van der Waals surface area contributed by atoms with Crippen molar-refractivity contribution in [1.29, 1.82) is 0 Å². The fraction of sp³-hybridized carbons (Fsp3) is 0.308. The zero-order valence-corrected chi connectivity index (χ0v) is 17.8. The van der Waals surface area contributed by atoms with Crippen molar-refractivity contribution in [3.8, 4) is 0 Å². The Kier molecular flexibility index (Phi) is 8.27. The van der Waals surface area contributed by atoms with E-state index in [2.05, 4.69) is 91.0 Å². The summed E-state index contributed by atoms with van der Waals surface area (Å²) in [5.41, 5.74) is 0. The summed E-state index contributed by atoms with van der Waals surface area (Å²) in [6.45, 7) is 0.325. The van der Waals surface area contributed by atoms with Gasteiger partial charge in [0.25, 0.3) is 0 Å². The first kappa shape index (κ1) is 20.8. The molecule has 0 aliphatic heterocycles. The molecule has 0 fully saturated rings. The van der Waals surface area contributed by atoms with Crippen LogP contribution in [0.2, 0.25) is 0 Å². The molecule has 0 amide bonds. The van der Waals surface area contributed by atoms with Crippen molar-refractivity contribution >= 4 is 23.2 Å². The van der Waals surface area contributed by atoms with Crippen molar-refractivity contribution in [3.05, 3.63) is 91.0 Å². The summed E-state index contributed by atoms with van der Waals surface area (Å²) in [6.07, 6.45) is 8.35. The van der Waals surface area contributed by atoms with Crippen LogP contribution in [0, 0.1) is 0 Å². The first-order valence-corrected chi connectivity index (χ1v) is 12.9. The van der Waals surface area contributed by atoms with E-state index in [0.29, 0.717) is 6.61 Å². The van der Waals surface area contributed by atoms with Crippen molar-refractivity contribution < 1.29 is 5.11 Å². The van der Waals surface area contributed by atoms with Crippen molar-refractivity contribution in [3.63, 3.8) is 0 Å². The maximum atomic E-state index is 8.96. The van der Waals surface area contributed by atoms with Crippen LogP contribution in [0.25, 0.3) is 0 Å². The van der Waals surface area contributed by atoms with Gasteiger partial charge in [-0.3, -0.25) is 0 Å². The van der Waals surface area contributed by atoms with E-state index in [1.807, 2.05) is 0 Å². The summed E-state index contributed by atoms with van der Waals surface area (Å²) >= 11 is 0. The molecular weight excluding hydrogens is 359 g/mol. The fourth-order valence-electron chi connectivity index (χ4n) is 4.31. The number of aliphatic hydroxyl groups is 1. The number of hydrogen-bond donors (Lipinski definition) is 1. The number of aliphatic hydroxyl groups excluding tert-OH is 1. The van der Waals surface area contributed by atoms with Crippen LogP contribution in [0.1, 0.15) is 38.5 Å². The quantitative estimate of drug-likeness (QED) is 0.358. The molecule has 0 atom stereocenters. The average Bonchev–Trinajstić information content (AvgIpc) is 2.78. The van der Waals surface area contributed by atoms with Crippen LogP contribution in [-0.2, 0) is 0 Å². The van der Waals surface area contributed by atoms with Crippen LogP contribution in [0.3, 0.4) is 0 Å². The van der Waals surface area contributed by atoms with Gasteiger partial charge in [0.1, 0.15) is 0 Å². The summed E-state index contributed by atoms with van der Waals surface area (Å²) in [5.74, 6) is 0. The Hall–Kier alpha value is -1.95. The molecule has 0 unspecified atom stereocenters. The van der Waals surface area contributed by atoms with Gasteiger partial charge >= 0.3 is 171 Å². The van der Waals surface area contributed by atoms with Crippen LogP contribution in [0.15, 0.2) is 91.0 Å². The van der Waals surface area contributed by atoms with Crippen LogP contribution in [-0.4, -0.2) is 17.9 Å².